The molecular formula is C11H11N3O2. The van der Waals surface area contributed by atoms with E-state index in [1.54, 1.807) is 37.1 Å². The Kier molecular flexibility index (Phi) is 2.44. The minimum atomic E-state index is -0.968. The first-order valence-electron chi connectivity index (χ1n) is 4.78. The van der Waals surface area contributed by atoms with Crippen molar-refractivity contribution in [3.05, 3.63) is 35.8 Å². The van der Waals surface area contributed by atoms with E-state index in [2.05, 4.69) is 10.1 Å². The molecule has 0 aromatic carbocycles. The van der Waals surface area contributed by atoms with E-state index in [1.807, 2.05) is 6.07 Å². The summed E-state index contributed by atoms with van der Waals surface area (Å²) >= 11 is 0. The molecule has 5 heteroatoms. The number of carbonyl (C=O) groups is 1. The summed E-state index contributed by atoms with van der Waals surface area (Å²) in [7, 11) is 1.72. The number of aryl methyl sites for hydroxylation is 2. The molecule has 2 aromatic heterocycles. The molecule has 5 nitrogen and oxygen atoms in total. The molecule has 0 amide bonds. The van der Waals surface area contributed by atoms with E-state index in [0.717, 1.165) is 5.56 Å². The topological polar surface area (TPSA) is 68.0 Å². The zero-order chi connectivity index (χ0) is 11.7. The zero-order valence-corrected chi connectivity index (χ0v) is 9.01. The summed E-state index contributed by atoms with van der Waals surface area (Å²) in [5, 5.41) is 13.3. The molecule has 0 aliphatic carbocycles. The molecule has 2 heterocycles. The number of pyridine rings is 1. The molecule has 0 atom stereocenters. The normalized spacial score (nSPS) is 10.4. The van der Waals surface area contributed by atoms with Gasteiger partial charge in [-0.15, -0.1) is 0 Å². The Morgan fingerprint density at radius 3 is 2.81 bits per heavy atom. The fraction of sp³-hybridized carbons (Fsp3) is 0.182. The SMILES string of the molecule is Cc1nn(C)c(-c2cccnc2)c1C(=O)O. The largest absolute Gasteiger partial charge is 0.478 e. The van der Waals surface area contributed by atoms with E-state index in [9.17, 15) is 4.79 Å². The van der Waals surface area contributed by atoms with Crippen molar-refractivity contribution in [2.75, 3.05) is 0 Å². The van der Waals surface area contributed by atoms with Crippen molar-refractivity contribution in [3.63, 3.8) is 0 Å². The molecule has 0 fully saturated rings. The molecule has 0 bridgehead atoms. The van der Waals surface area contributed by atoms with Crippen LogP contribution < -0.4 is 0 Å². The quantitative estimate of drug-likeness (QED) is 0.827. The number of carboxylic acid groups (broad SMARTS) is 1. The van der Waals surface area contributed by atoms with Crippen molar-refractivity contribution < 1.29 is 9.90 Å². The molecule has 2 aromatic rings. The van der Waals surface area contributed by atoms with Crippen LogP contribution in [0.3, 0.4) is 0 Å². The predicted molar refractivity (Wildman–Crippen MR) is 58.1 cm³/mol. The molecule has 16 heavy (non-hydrogen) atoms. The van der Waals surface area contributed by atoms with Crippen molar-refractivity contribution in [3.8, 4) is 11.3 Å². The number of carboxylic acids is 1. The smallest absolute Gasteiger partial charge is 0.339 e. The van der Waals surface area contributed by atoms with Crippen LogP contribution >= 0.6 is 0 Å². The van der Waals surface area contributed by atoms with Gasteiger partial charge in [-0.3, -0.25) is 9.67 Å². The maximum atomic E-state index is 11.2. The van der Waals surface area contributed by atoms with E-state index in [1.165, 1.54) is 0 Å². The van der Waals surface area contributed by atoms with Gasteiger partial charge < -0.3 is 5.11 Å². The van der Waals surface area contributed by atoms with Crippen LogP contribution in [0.25, 0.3) is 11.3 Å². The Labute approximate surface area is 92.4 Å². The average molecular weight is 217 g/mol. The van der Waals surface area contributed by atoms with Gasteiger partial charge in [-0.2, -0.15) is 5.10 Å². The van der Waals surface area contributed by atoms with E-state index in [0.29, 0.717) is 11.4 Å². The van der Waals surface area contributed by atoms with Crippen molar-refractivity contribution >= 4 is 5.97 Å². The molecule has 1 N–H and O–H groups in total. The predicted octanol–water partition coefficient (Wildman–Crippen LogP) is 1.49. The monoisotopic (exact) mass is 217 g/mol. The van der Waals surface area contributed by atoms with Crippen LogP contribution in [0.5, 0.6) is 0 Å². The van der Waals surface area contributed by atoms with Crippen molar-refractivity contribution in [1.82, 2.24) is 14.8 Å². The Morgan fingerprint density at radius 2 is 2.25 bits per heavy atom. The van der Waals surface area contributed by atoms with Crippen molar-refractivity contribution in [1.29, 1.82) is 0 Å². The molecule has 0 radical (unpaired) electrons. The molecule has 0 aliphatic rings. The van der Waals surface area contributed by atoms with E-state index in [-0.39, 0.29) is 5.56 Å². The molecule has 0 saturated carbocycles. The number of hydrogen-bond donors (Lipinski definition) is 1. The zero-order valence-electron chi connectivity index (χ0n) is 9.01. The third-order valence-electron chi connectivity index (χ3n) is 2.37. The summed E-state index contributed by atoms with van der Waals surface area (Å²) in [4.78, 5) is 15.1. The summed E-state index contributed by atoms with van der Waals surface area (Å²) < 4.78 is 1.57. The Hall–Kier alpha value is -2.17. The standard InChI is InChI=1S/C11H11N3O2/c1-7-9(11(15)16)10(14(2)13-7)8-4-3-5-12-6-8/h3-6H,1-2H3,(H,15,16). The van der Waals surface area contributed by atoms with Gasteiger partial charge in [0, 0.05) is 25.0 Å². The second kappa shape index (κ2) is 3.77. The lowest BCUT2D eigenvalue weighted by molar-refractivity contribution is 0.0697. The molecule has 82 valence electrons. The fourth-order valence-corrected chi connectivity index (χ4v) is 1.75. The molecular weight excluding hydrogens is 206 g/mol. The van der Waals surface area contributed by atoms with Gasteiger partial charge >= 0.3 is 5.97 Å². The van der Waals surface area contributed by atoms with Gasteiger partial charge in [0.1, 0.15) is 5.56 Å². The van der Waals surface area contributed by atoms with E-state index < -0.39 is 5.97 Å². The first kappa shape index (κ1) is 10.4. The van der Waals surface area contributed by atoms with Crippen LogP contribution in [-0.2, 0) is 7.05 Å². The average Bonchev–Trinajstić information content (AvgIpc) is 2.55. The van der Waals surface area contributed by atoms with Crippen LogP contribution in [0, 0.1) is 6.92 Å². The van der Waals surface area contributed by atoms with E-state index >= 15 is 0 Å². The maximum Gasteiger partial charge on any atom is 0.339 e. The van der Waals surface area contributed by atoms with E-state index in [4.69, 9.17) is 5.11 Å². The van der Waals surface area contributed by atoms with Gasteiger partial charge in [-0.1, -0.05) is 0 Å². The van der Waals surface area contributed by atoms with Crippen molar-refractivity contribution in [2.45, 2.75) is 6.92 Å². The third kappa shape index (κ3) is 1.56. The number of hydrogen-bond acceptors (Lipinski definition) is 3. The first-order chi connectivity index (χ1) is 7.61. The fourth-order valence-electron chi connectivity index (χ4n) is 1.75. The highest BCUT2D eigenvalue weighted by molar-refractivity contribution is 5.96. The summed E-state index contributed by atoms with van der Waals surface area (Å²) in [6.45, 7) is 1.68. The van der Waals surface area contributed by atoms with Gasteiger partial charge in [-0.05, 0) is 19.1 Å². The van der Waals surface area contributed by atoms with Gasteiger partial charge in [0.2, 0.25) is 0 Å². The van der Waals surface area contributed by atoms with Crippen molar-refractivity contribution in [2.24, 2.45) is 7.05 Å². The lowest BCUT2D eigenvalue weighted by Gasteiger charge is -2.02. The van der Waals surface area contributed by atoms with Crippen LogP contribution in [-0.4, -0.2) is 25.8 Å². The molecule has 0 unspecified atom stereocenters. The van der Waals surface area contributed by atoms with Crippen LogP contribution in [0.2, 0.25) is 0 Å². The summed E-state index contributed by atoms with van der Waals surface area (Å²) in [5.74, 6) is -0.968. The Morgan fingerprint density at radius 1 is 1.50 bits per heavy atom. The van der Waals surface area contributed by atoms with Crippen LogP contribution in [0.1, 0.15) is 16.1 Å². The van der Waals surface area contributed by atoms with Gasteiger partial charge in [-0.25, -0.2) is 4.79 Å². The molecule has 0 spiro atoms. The Bertz CT molecular complexity index is 532. The summed E-state index contributed by atoms with van der Waals surface area (Å²) in [5.41, 5.74) is 2.07. The number of rotatable bonds is 2. The summed E-state index contributed by atoms with van der Waals surface area (Å²) in [6, 6.07) is 3.58. The number of aromatic nitrogens is 3. The maximum absolute atomic E-state index is 11.2. The number of aromatic carboxylic acids is 1. The molecule has 0 saturated heterocycles. The lowest BCUT2D eigenvalue weighted by Crippen LogP contribution is -2.01. The molecule has 2 rings (SSSR count). The highest BCUT2D eigenvalue weighted by atomic mass is 16.4. The minimum absolute atomic E-state index is 0.232. The van der Waals surface area contributed by atoms with Gasteiger partial charge in [0.05, 0.1) is 11.4 Å². The van der Waals surface area contributed by atoms with Gasteiger partial charge in [0.15, 0.2) is 0 Å². The summed E-state index contributed by atoms with van der Waals surface area (Å²) in [6.07, 6.45) is 3.27. The van der Waals surface area contributed by atoms with Gasteiger partial charge in [0.25, 0.3) is 0 Å². The minimum Gasteiger partial charge on any atom is -0.478 e. The second-order valence-electron chi connectivity index (χ2n) is 3.48. The van der Waals surface area contributed by atoms with Crippen LogP contribution in [0.15, 0.2) is 24.5 Å². The number of nitrogens with zero attached hydrogens (tertiary/aromatic N) is 3. The lowest BCUT2D eigenvalue weighted by atomic mass is 10.1. The van der Waals surface area contributed by atoms with Crippen LogP contribution in [0.4, 0.5) is 0 Å². The highest BCUT2D eigenvalue weighted by Crippen LogP contribution is 2.24. The molecule has 0 aliphatic heterocycles. The Balaban J connectivity index is 2.69. The highest BCUT2D eigenvalue weighted by Gasteiger charge is 2.20. The first-order valence-corrected chi connectivity index (χ1v) is 4.78. The second-order valence-corrected chi connectivity index (χ2v) is 3.48. The third-order valence-corrected chi connectivity index (χ3v) is 2.37.